The van der Waals surface area contributed by atoms with Crippen LogP contribution in [0.2, 0.25) is 0 Å². The molecule has 7 heteroatoms. The first kappa shape index (κ1) is 14.1. The number of rotatable bonds is 2. The second-order valence-corrected chi connectivity index (χ2v) is 4.24. The minimum absolute atomic E-state index is 0.0830. The van der Waals surface area contributed by atoms with Gasteiger partial charge in [-0.3, -0.25) is 0 Å². The highest BCUT2D eigenvalue weighted by atomic mass is 19.4. The summed E-state index contributed by atoms with van der Waals surface area (Å²) in [6.07, 6.45) is -4.76. The molecule has 2 N–H and O–H groups in total. The van der Waals surface area contributed by atoms with Gasteiger partial charge in [0.05, 0.1) is 5.56 Å². The van der Waals surface area contributed by atoms with E-state index in [-0.39, 0.29) is 17.0 Å². The van der Waals surface area contributed by atoms with Gasteiger partial charge in [0, 0.05) is 11.3 Å². The van der Waals surface area contributed by atoms with Crippen LogP contribution in [-0.4, -0.2) is 16.1 Å². The molecule has 0 aliphatic carbocycles. The summed E-state index contributed by atoms with van der Waals surface area (Å²) in [6, 6.07) is 3.87. The number of carbonyl (C=O) groups is 1. The van der Waals surface area contributed by atoms with E-state index in [2.05, 4.69) is 4.98 Å². The molecule has 0 aliphatic rings. The number of carboxylic acid groups (broad SMARTS) is 1. The Hall–Kier alpha value is -2.31. The molecule has 0 unspecified atom stereocenters. The molecule has 0 aliphatic heterocycles. The number of H-pyrrole nitrogens is 1. The first-order valence-electron chi connectivity index (χ1n) is 5.50. The maximum absolute atomic E-state index is 13.4. The Morgan fingerprint density at radius 2 is 1.90 bits per heavy atom. The fourth-order valence-electron chi connectivity index (χ4n) is 1.85. The third-order valence-electron chi connectivity index (χ3n) is 2.81. The zero-order valence-corrected chi connectivity index (χ0v) is 10.2. The molecule has 0 radical (unpaired) electrons. The molecule has 0 amide bonds. The van der Waals surface area contributed by atoms with E-state index in [9.17, 15) is 22.4 Å². The third kappa shape index (κ3) is 2.52. The molecule has 106 valence electrons. The molecule has 20 heavy (non-hydrogen) atoms. The van der Waals surface area contributed by atoms with Gasteiger partial charge in [-0.05, 0) is 30.7 Å². The van der Waals surface area contributed by atoms with Crippen molar-refractivity contribution in [1.29, 1.82) is 0 Å². The Morgan fingerprint density at radius 1 is 1.25 bits per heavy atom. The number of halogens is 4. The monoisotopic (exact) mass is 287 g/mol. The van der Waals surface area contributed by atoms with Crippen molar-refractivity contribution in [1.82, 2.24) is 4.98 Å². The molecule has 1 aromatic heterocycles. The van der Waals surface area contributed by atoms with Gasteiger partial charge in [-0.1, -0.05) is 6.07 Å². The molecule has 1 aromatic carbocycles. The zero-order valence-electron chi connectivity index (χ0n) is 10.2. The normalized spacial score (nSPS) is 11.7. The van der Waals surface area contributed by atoms with E-state index in [1.807, 2.05) is 0 Å². The van der Waals surface area contributed by atoms with Gasteiger partial charge in [0.25, 0.3) is 0 Å². The lowest BCUT2D eigenvalue weighted by molar-refractivity contribution is -0.139. The van der Waals surface area contributed by atoms with Crippen molar-refractivity contribution in [2.24, 2.45) is 0 Å². The van der Waals surface area contributed by atoms with E-state index in [0.717, 1.165) is 12.1 Å². The summed E-state index contributed by atoms with van der Waals surface area (Å²) in [5.74, 6) is -2.60. The molecule has 3 nitrogen and oxygen atoms in total. The number of aromatic carboxylic acids is 1. The fraction of sp³-hybridized carbons (Fsp3) is 0.154. The number of alkyl halides is 3. The minimum Gasteiger partial charge on any atom is -0.477 e. The van der Waals surface area contributed by atoms with E-state index in [1.54, 1.807) is 0 Å². The van der Waals surface area contributed by atoms with Gasteiger partial charge in [0.15, 0.2) is 0 Å². The van der Waals surface area contributed by atoms with Crippen LogP contribution < -0.4 is 0 Å². The maximum Gasteiger partial charge on any atom is 0.419 e. The highest BCUT2D eigenvalue weighted by molar-refractivity contribution is 5.88. The summed E-state index contributed by atoms with van der Waals surface area (Å²) < 4.78 is 50.7. The van der Waals surface area contributed by atoms with Crippen LogP contribution >= 0.6 is 0 Å². The SMILES string of the molecule is Cc1cc(-c2ccc(C(F)(F)F)c(F)c2)[nH]c1C(=O)O. The number of benzene rings is 1. The second kappa shape index (κ2) is 4.66. The van der Waals surface area contributed by atoms with Crippen LogP contribution in [0.3, 0.4) is 0 Å². The molecule has 0 saturated heterocycles. The summed E-state index contributed by atoms with van der Waals surface area (Å²) in [4.78, 5) is 13.4. The number of nitrogens with one attached hydrogen (secondary N) is 1. The Bertz CT molecular complexity index is 673. The number of aromatic nitrogens is 1. The molecular weight excluding hydrogens is 278 g/mol. The summed E-state index contributed by atoms with van der Waals surface area (Å²) in [5, 5.41) is 8.88. The molecule has 0 atom stereocenters. The van der Waals surface area contributed by atoms with E-state index < -0.39 is 23.5 Å². The number of aromatic amines is 1. The smallest absolute Gasteiger partial charge is 0.419 e. The highest BCUT2D eigenvalue weighted by Crippen LogP contribution is 2.33. The number of carboxylic acids is 1. The van der Waals surface area contributed by atoms with Gasteiger partial charge in [-0.2, -0.15) is 13.2 Å². The van der Waals surface area contributed by atoms with Crippen molar-refractivity contribution in [2.45, 2.75) is 13.1 Å². The lowest BCUT2D eigenvalue weighted by Gasteiger charge is -2.08. The largest absolute Gasteiger partial charge is 0.477 e. The zero-order chi connectivity index (χ0) is 15.1. The summed E-state index contributed by atoms with van der Waals surface area (Å²) in [5.41, 5.74) is -0.644. The van der Waals surface area contributed by atoms with E-state index >= 15 is 0 Å². The lowest BCUT2D eigenvalue weighted by atomic mass is 10.1. The lowest BCUT2D eigenvalue weighted by Crippen LogP contribution is -2.07. The van der Waals surface area contributed by atoms with Crippen molar-refractivity contribution in [3.63, 3.8) is 0 Å². The number of hydrogen-bond donors (Lipinski definition) is 2. The molecule has 0 saturated carbocycles. The molecular formula is C13H9F4NO2. The van der Waals surface area contributed by atoms with Crippen LogP contribution in [0, 0.1) is 12.7 Å². The van der Waals surface area contributed by atoms with Gasteiger partial charge >= 0.3 is 12.1 Å². The molecule has 0 bridgehead atoms. The second-order valence-electron chi connectivity index (χ2n) is 4.24. The Morgan fingerprint density at radius 3 is 2.35 bits per heavy atom. The fourth-order valence-corrected chi connectivity index (χ4v) is 1.85. The highest BCUT2D eigenvalue weighted by Gasteiger charge is 2.34. The van der Waals surface area contributed by atoms with Crippen LogP contribution in [0.5, 0.6) is 0 Å². The molecule has 0 fully saturated rings. The van der Waals surface area contributed by atoms with Crippen molar-refractivity contribution in [2.75, 3.05) is 0 Å². The Kier molecular flexibility index (Phi) is 3.29. The Labute approximate surface area is 110 Å². The van der Waals surface area contributed by atoms with Crippen LogP contribution in [0.15, 0.2) is 24.3 Å². The topological polar surface area (TPSA) is 53.1 Å². The van der Waals surface area contributed by atoms with E-state index in [4.69, 9.17) is 5.11 Å². The average molecular weight is 287 g/mol. The van der Waals surface area contributed by atoms with Gasteiger partial charge in [-0.25, -0.2) is 9.18 Å². The average Bonchev–Trinajstić information content (AvgIpc) is 2.69. The first-order chi connectivity index (χ1) is 9.20. The third-order valence-corrected chi connectivity index (χ3v) is 2.81. The number of hydrogen-bond acceptors (Lipinski definition) is 1. The minimum atomic E-state index is -4.76. The number of aryl methyl sites for hydroxylation is 1. The summed E-state index contributed by atoms with van der Waals surface area (Å²) in [7, 11) is 0. The van der Waals surface area contributed by atoms with Gasteiger partial charge in [0.2, 0.25) is 0 Å². The van der Waals surface area contributed by atoms with Crippen LogP contribution in [0.25, 0.3) is 11.3 Å². The molecule has 2 aromatic rings. The van der Waals surface area contributed by atoms with Crippen molar-refractivity contribution < 1.29 is 27.5 Å². The Balaban J connectivity index is 2.47. The molecule has 1 heterocycles. The molecule has 0 spiro atoms. The standard InChI is InChI=1S/C13H9F4NO2/c1-6-4-10(18-11(6)12(19)20)7-2-3-8(9(14)5-7)13(15,16)17/h2-5,18H,1H3,(H,19,20). The first-order valence-corrected chi connectivity index (χ1v) is 5.50. The van der Waals surface area contributed by atoms with Crippen LogP contribution in [0.4, 0.5) is 17.6 Å². The summed E-state index contributed by atoms with van der Waals surface area (Å²) in [6.45, 7) is 1.53. The van der Waals surface area contributed by atoms with Gasteiger partial charge in [0.1, 0.15) is 11.5 Å². The van der Waals surface area contributed by atoms with Crippen LogP contribution in [0.1, 0.15) is 21.6 Å². The van der Waals surface area contributed by atoms with E-state index in [0.29, 0.717) is 11.6 Å². The van der Waals surface area contributed by atoms with Crippen LogP contribution in [-0.2, 0) is 6.18 Å². The van der Waals surface area contributed by atoms with Gasteiger partial charge in [-0.15, -0.1) is 0 Å². The predicted octanol–water partition coefficient (Wildman–Crippen LogP) is 3.85. The van der Waals surface area contributed by atoms with Crippen molar-refractivity contribution >= 4 is 5.97 Å². The molecule has 2 rings (SSSR count). The van der Waals surface area contributed by atoms with Crippen molar-refractivity contribution in [3.05, 3.63) is 46.9 Å². The van der Waals surface area contributed by atoms with Crippen molar-refractivity contribution in [3.8, 4) is 11.3 Å². The quantitative estimate of drug-likeness (QED) is 0.824. The maximum atomic E-state index is 13.4. The van der Waals surface area contributed by atoms with Gasteiger partial charge < -0.3 is 10.1 Å². The van der Waals surface area contributed by atoms with E-state index in [1.165, 1.54) is 13.0 Å². The summed E-state index contributed by atoms with van der Waals surface area (Å²) >= 11 is 0. The predicted molar refractivity (Wildman–Crippen MR) is 62.9 cm³/mol.